The fourth-order valence-corrected chi connectivity index (χ4v) is 2.08. The molecule has 2 N–H and O–H groups in total. The third-order valence-corrected chi connectivity index (χ3v) is 3.18. The molecule has 2 aromatic carbocycles. The molecule has 0 unspecified atom stereocenters. The molecule has 4 nitrogen and oxygen atoms in total. The summed E-state index contributed by atoms with van der Waals surface area (Å²) in [6, 6.07) is 12.8. The number of aryl methyl sites for hydroxylation is 1. The van der Waals surface area contributed by atoms with Crippen LogP contribution in [0.5, 0.6) is 5.75 Å². The van der Waals surface area contributed by atoms with Crippen LogP contribution in [0.1, 0.15) is 27.0 Å². The van der Waals surface area contributed by atoms with Gasteiger partial charge in [-0.25, -0.2) is 4.79 Å². The van der Waals surface area contributed by atoms with Gasteiger partial charge in [0.2, 0.25) is 0 Å². The van der Waals surface area contributed by atoms with E-state index in [4.69, 9.17) is 9.84 Å². The quantitative estimate of drug-likeness (QED) is 0.856. The molecule has 0 aromatic heterocycles. The monoisotopic (exact) mass is 285 g/mol. The normalized spacial score (nSPS) is 10.4. The first kappa shape index (κ1) is 15.1. The fourth-order valence-electron chi connectivity index (χ4n) is 2.08. The molecule has 0 saturated heterocycles. The molecule has 0 heterocycles. The molecule has 110 valence electrons. The van der Waals surface area contributed by atoms with E-state index >= 15 is 0 Å². The Kier molecular flexibility index (Phi) is 4.95. The number of hydrogen-bond acceptors (Lipinski definition) is 3. The average Bonchev–Trinajstić information content (AvgIpc) is 2.47. The first-order chi connectivity index (χ1) is 10.1. The van der Waals surface area contributed by atoms with Gasteiger partial charge in [0, 0.05) is 12.1 Å². The lowest BCUT2D eigenvalue weighted by molar-refractivity contribution is 0.0697. The minimum absolute atomic E-state index is 0.282. The average molecular weight is 285 g/mol. The van der Waals surface area contributed by atoms with Crippen LogP contribution in [0, 0.1) is 6.92 Å². The summed E-state index contributed by atoms with van der Waals surface area (Å²) < 4.78 is 5.84. The number of hydrogen-bond donors (Lipinski definition) is 2. The SMILES string of the molecule is CNCc1cc(C)ccc1OCc1ccc(C(=O)O)cc1. The van der Waals surface area contributed by atoms with Crippen LogP contribution in [-0.4, -0.2) is 18.1 Å². The van der Waals surface area contributed by atoms with E-state index < -0.39 is 5.97 Å². The van der Waals surface area contributed by atoms with Crippen molar-refractivity contribution in [1.82, 2.24) is 5.32 Å². The number of benzene rings is 2. The van der Waals surface area contributed by atoms with Crippen LogP contribution in [0.15, 0.2) is 42.5 Å². The number of carbonyl (C=O) groups is 1. The number of nitrogens with one attached hydrogen (secondary N) is 1. The molecule has 0 spiro atoms. The summed E-state index contributed by atoms with van der Waals surface area (Å²) in [5, 5.41) is 12.0. The van der Waals surface area contributed by atoms with E-state index in [1.807, 2.05) is 26.1 Å². The molecule has 0 saturated carbocycles. The summed E-state index contributed by atoms with van der Waals surface area (Å²) in [7, 11) is 1.90. The summed E-state index contributed by atoms with van der Waals surface area (Å²) in [5.41, 5.74) is 3.53. The molecule has 0 fully saturated rings. The van der Waals surface area contributed by atoms with Crippen LogP contribution in [0.4, 0.5) is 0 Å². The van der Waals surface area contributed by atoms with Gasteiger partial charge in [-0.05, 0) is 37.7 Å². The maximum Gasteiger partial charge on any atom is 0.335 e. The fraction of sp³-hybridized carbons (Fsp3) is 0.235. The Bertz CT molecular complexity index is 620. The van der Waals surface area contributed by atoms with Crippen molar-refractivity contribution in [2.75, 3.05) is 7.05 Å². The maximum absolute atomic E-state index is 10.8. The highest BCUT2D eigenvalue weighted by atomic mass is 16.5. The summed E-state index contributed by atoms with van der Waals surface area (Å²) >= 11 is 0. The van der Waals surface area contributed by atoms with Crippen molar-refractivity contribution in [2.24, 2.45) is 0 Å². The molecule has 21 heavy (non-hydrogen) atoms. The summed E-state index contributed by atoms with van der Waals surface area (Å²) in [4.78, 5) is 10.8. The van der Waals surface area contributed by atoms with Crippen LogP contribution < -0.4 is 10.1 Å². The molecular formula is C17H19NO3. The van der Waals surface area contributed by atoms with Crippen molar-refractivity contribution >= 4 is 5.97 Å². The molecule has 0 aliphatic rings. The largest absolute Gasteiger partial charge is 0.489 e. The first-order valence-electron chi connectivity index (χ1n) is 6.79. The summed E-state index contributed by atoms with van der Waals surface area (Å²) in [6.45, 7) is 3.21. The van der Waals surface area contributed by atoms with E-state index in [1.54, 1.807) is 24.3 Å². The zero-order chi connectivity index (χ0) is 15.2. The Morgan fingerprint density at radius 3 is 2.52 bits per heavy atom. The van der Waals surface area contributed by atoms with Gasteiger partial charge in [0.05, 0.1) is 5.56 Å². The van der Waals surface area contributed by atoms with E-state index in [-0.39, 0.29) is 5.56 Å². The summed E-state index contributed by atoms with van der Waals surface area (Å²) in [6.07, 6.45) is 0. The van der Waals surface area contributed by atoms with Crippen molar-refractivity contribution in [1.29, 1.82) is 0 Å². The van der Waals surface area contributed by atoms with Crippen LogP contribution >= 0.6 is 0 Å². The number of carboxylic acid groups (broad SMARTS) is 1. The van der Waals surface area contributed by atoms with Crippen LogP contribution in [0.3, 0.4) is 0 Å². The first-order valence-corrected chi connectivity index (χ1v) is 6.79. The molecule has 0 amide bonds. The molecular weight excluding hydrogens is 266 g/mol. The molecule has 0 radical (unpaired) electrons. The Morgan fingerprint density at radius 2 is 1.90 bits per heavy atom. The van der Waals surface area contributed by atoms with E-state index in [0.717, 1.165) is 23.4 Å². The standard InChI is InChI=1S/C17H19NO3/c1-12-3-8-16(15(9-12)10-18-2)21-11-13-4-6-14(7-5-13)17(19)20/h3-9,18H,10-11H2,1-2H3,(H,19,20). The third kappa shape index (κ3) is 4.07. The van der Waals surface area contributed by atoms with Crippen molar-refractivity contribution < 1.29 is 14.6 Å². The highest BCUT2D eigenvalue weighted by molar-refractivity contribution is 5.87. The van der Waals surface area contributed by atoms with Gasteiger partial charge in [-0.3, -0.25) is 0 Å². The van der Waals surface area contributed by atoms with E-state index in [0.29, 0.717) is 6.61 Å². The molecule has 2 rings (SSSR count). The van der Waals surface area contributed by atoms with E-state index in [9.17, 15) is 4.79 Å². The van der Waals surface area contributed by atoms with Crippen LogP contribution in [-0.2, 0) is 13.2 Å². The number of rotatable bonds is 6. The van der Waals surface area contributed by atoms with Crippen LogP contribution in [0.2, 0.25) is 0 Å². The van der Waals surface area contributed by atoms with Crippen LogP contribution in [0.25, 0.3) is 0 Å². The zero-order valence-electron chi connectivity index (χ0n) is 12.2. The minimum Gasteiger partial charge on any atom is -0.489 e. The highest BCUT2D eigenvalue weighted by Crippen LogP contribution is 2.21. The third-order valence-electron chi connectivity index (χ3n) is 3.18. The lowest BCUT2D eigenvalue weighted by Gasteiger charge is -2.12. The lowest BCUT2D eigenvalue weighted by Crippen LogP contribution is -2.08. The minimum atomic E-state index is -0.919. The number of aromatic carboxylic acids is 1. The van der Waals surface area contributed by atoms with E-state index in [1.165, 1.54) is 5.56 Å². The Balaban J connectivity index is 2.07. The second-order valence-electron chi connectivity index (χ2n) is 4.93. The molecule has 0 bridgehead atoms. The maximum atomic E-state index is 10.8. The number of carboxylic acids is 1. The second kappa shape index (κ2) is 6.90. The molecule has 0 aliphatic carbocycles. The van der Waals surface area contributed by atoms with Gasteiger partial charge in [0.1, 0.15) is 12.4 Å². The van der Waals surface area contributed by atoms with Gasteiger partial charge in [0.25, 0.3) is 0 Å². The van der Waals surface area contributed by atoms with E-state index in [2.05, 4.69) is 11.4 Å². The Labute approximate surface area is 124 Å². The molecule has 2 aromatic rings. The highest BCUT2D eigenvalue weighted by Gasteiger charge is 2.05. The molecule has 4 heteroatoms. The Hall–Kier alpha value is -2.33. The summed E-state index contributed by atoms with van der Waals surface area (Å²) in [5.74, 6) is -0.0745. The van der Waals surface area contributed by atoms with Crippen molar-refractivity contribution in [3.63, 3.8) is 0 Å². The zero-order valence-corrected chi connectivity index (χ0v) is 12.2. The predicted octanol–water partition coefficient (Wildman–Crippen LogP) is 2.99. The van der Waals surface area contributed by atoms with Crippen molar-refractivity contribution in [3.05, 3.63) is 64.7 Å². The van der Waals surface area contributed by atoms with Gasteiger partial charge in [-0.2, -0.15) is 0 Å². The van der Waals surface area contributed by atoms with Gasteiger partial charge < -0.3 is 15.2 Å². The molecule has 0 atom stereocenters. The van der Waals surface area contributed by atoms with Gasteiger partial charge in [-0.1, -0.05) is 29.8 Å². The Morgan fingerprint density at radius 1 is 1.19 bits per heavy atom. The van der Waals surface area contributed by atoms with Crippen molar-refractivity contribution in [2.45, 2.75) is 20.1 Å². The van der Waals surface area contributed by atoms with Gasteiger partial charge in [-0.15, -0.1) is 0 Å². The second-order valence-corrected chi connectivity index (χ2v) is 4.93. The topological polar surface area (TPSA) is 58.6 Å². The van der Waals surface area contributed by atoms with Crippen molar-refractivity contribution in [3.8, 4) is 5.75 Å². The number of ether oxygens (including phenoxy) is 1. The predicted molar refractivity (Wildman–Crippen MR) is 81.7 cm³/mol. The van der Waals surface area contributed by atoms with Gasteiger partial charge in [0.15, 0.2) is 0 Å². The molecule has 0 aliphatic heterocycles. The smallest absolute Gasteiger partial charge is 0.335 e. The van der Waals surface area contributed by atoms with Gasteiger partial charge >= 0.3 is 5.97 Å². The lowest BCUT2D eigenvalue weighted by atomic mass is 10.1.